The summed E-state index contributed by atoms with van der Waals surface area (Å²) in [5, 5.41) is 0. The first-order valence-corrected chi connectivity index (χ1v) is 7.90. The molecule has 1 heterocycles. The Morgan fingerprint density at radius 3 is 2.33 bits per heavy atom. The minimum Gasteiger partial charge on any atom is -0.339 e. The molecule has 0 saturated carbocycles. The van der Waals surface area contributed by atoms with Gasteiger partial charge in [0.1, 0.15) is 0 Å². The highest BCUT2D eigenvalue weighted by Gasteiger charge is 2.24. The summed E-state index contributed by atoms with van der Waals surface area (Å²) in [6.07, 6.45) is 0.706. The van der Waals surface area contributed by atoms with Crippen molar-refractivity contribution in [3.05, 3.63) is 34.3 Å². The first kappa shape index (κ1) is 18.4. The highest BCUT2D eigenvalue weighted by molar-refractivity contribution is 9.10. The summed E-state index contributed by atoms with van der Waals surface area (Å²) in [7, 11) is 0. The minimum atomic E-state index is -0.340. The van der Waals surface area contributed by atoms with Crippen molar-refractivity contribution in [1.29, 1.82) is 0 Å². The highest BCUT2D eigenvalue weighted by Crippen LogP contribution is 2.13. The van der Waals surface area contributed by atoms with Crippen molar-refractivity contribution in [3.63, 3.8) is 0 Å². The lowest BCUT2D eigenvalue weighted by atomic mass is 10.1. The third kappa shape index (κ3) is 5.25. The van der Waals surface area contributed by atoms with Gasteiger partial charge in [-0.25, -0.2) is 0 Å². The van der Waals surface area contributed by atoms with E-state index in [-0.39, 0.29) is 24.4 Å². The van der Waals surface area contributed by atoms with Gasteiger partial charge in [0.05, 0.1) is 6.04 Å². The number of nitrogens with zero attached hydrogens (tertiary/aromatic N) is 2. The Kier molecular flexibility index (Phi) is 7.66. The van der Waals surface area contributed by atoms with E-state index >= 15 is 0 Å². The van der Waals surface area contributed by atoms with Crippen LogP contribution in [0.4, 0.5) is 0 Å². The van der Waals surface area contributed by atoms with E-state index in [2.05, 4.69) is 45.1 Å². The van der Waals surface area contributed by atoms with Gasteiger partial charge >= 0.3 is 0 Å². The van der Waals surface area contributed by atoms with Crippen LogP contribution in [-0.2, 0) is 11.3 Å². The Morgan fingerprint density at radius 2 is 1.81 bits per heavy atom. The third-order valence-electron chi connectivity index (χ3n) is 3.76. The van der Waals surface area contributed by atoms with Crippen LogP contribution in [0.25, 0.3) is 0 Å². The van der Waals surface area contributed by atoms with Crippen molar-refractivity contribution in [2.75, 3.05) is 26.2 Å². The van der Waals surface area contributed by atoms with E-state index in [9.17, 15) is 4.79 Å². The molecule has 0 unspecified atom stereocenters. The normalized spacial score (nSPS) is 17.2. The molecule has 118 valence electrons. The number of hydrogen-bond donors (Lipinski definition) is 1. The van der Waals surface area contributed by atoms with Crippen LogP contribution in [0.2, 0.25) is 0 Å². The molecule has 1 atom stereocenters. The van der Waals surface area contributed by atoms with E-state index in [4.69, 9.17) is 5.73 Å². The second-order valence-electron chi connectivity index (χ2n) is 5.24. The molecule has 0 bridgehead atoms. The molecule has 1 fully saturated rings. The van der Waals surface area contributed by atoms with Crippen LogP contribution < -0.4 is 5.73 Å². The molecule has 4 nitrogen and oxygen atoms in total. The molecule has 1 aromatic carbocycles. The smallest absolute Gasteiger partial charge is 0.239 e. The topological polar surface area (TPSA) is 49.6 Å². The predicted molar refractivity (Wildman–Crippen MR) is 91.5 cm³/mol. The van der Waals surface area contributed by atoms with E-state index in [0.717, 1.165) is 37.2 Å². The number of halogens is 2. The van der Waals surface area contributed by atoms with E-state index in [0.29, 0.717) is 6.42 Å². The molecule has 2 N–H and O–H groups in total. The first-order chi connectivity index (χ1) is 9.60. The molecular weight excluding hydrogens is 354 g/mol. The molecule has 1 aliphatic rings. The molecule has 0 spiro atoms. The average molecular weight is 377 g/mol. The van der Waals surface area contributed by atoms with Crippen LogP contribution in [0.3, 0.4) is 0 Å². The molecular formula is C15H23BrClN3O. The predicted octanol–water partition coefficient (Wildman–Crippen LogP) is 2.25. The van der Waals surface area contributed by atoms with Crippen molar-refractivity contribution in [1.82, 2.24) is 9.80 Å². The van der Waals surface area contributed by atoms with Gasteiger partial charge in [0, 0.05) is 37.2 Å². The fourth-order valence-electron chi connectivity index (χ4n) is 2.38. The Morgan fingerprint density at radius 1 is 1.24 bits per heavy atom. The maximum absolute atomic E-state index is 12.0. The average Bonchev–Trinajstić information content (AvgIpc) is 2.49. The van der Waals surface area contributed by atoms with E-state index in [1.54, 1.807) is 0 Å². The highest BCUT2D eigenvalue weighted by atomic mass is 79.9. The summed E-state index contributed by atoms with van der Waals surface area (Å²) < 4.78 is 1.10. The van der Waals surface area contributed by atoms with Crippen molar-refractivity contribution < 1.29 is 4.79 Å². The number of hydrogen-bond acceptors (Lipinski definition) is 3. The van der Waals surface area contributed by atoms with Gasteiger partial charge in [-0.05, 0) is 24.1 Å². The molecule has 1 aromatic rings. The van der Waals surface area contributed by atoms with Crippen molar-refractivity contribution in [2.45, 2.75) is 25.9 Å². The Bertz CT molecular complexity index is 447. The summed E-state index contributed by atoms with van der Waals surface area (Å²) in [4.78, 5) is 16.3. The number of amides is 1. The molecule has 1 saturated heterocycles. The van der Waals surface area contributed by atoms with Gasteiger partial charge in [-0.2, -0.15) is 0 Å². The van der Waals surface area contributed by atoms with Crippen LogP contribution in [0.15, 0.2) is 28.7 Å². The van der Waals surface area contributed by atoms with Crippen molar-refractivity contribution in [3.8, 4) is 0 Å². The first-order valence-electron chi connectivity index (χ1n) is 7.11. The van der Waals surface area contributed by atoms with Gasteiger partial charge in [-0.3, -0.25) is 9.69 Å². The molecule has 1 amide bonds. The number of carbonyl (C=O) groups excluding carboxylic acids is 1. The summed E-state index contributed by atoms with van der Waals surface area (Å²) in [6.45, 7) is 6.28. The lowest BCUT2D eigenvalue weighted by molar-refractivity contribution is -0.134. The van der Waals surface area contributed by atoms with Gasteiger partial charge in [0.25, 0.3) is 0 Å². The van der Waals surface area contributed by atoms with Gasteiger partial charge in [-0.15, -0.1) is 12.4 Å². The molecule has 21 heavy (non-hydrogen) atoms. The summed E-state index contributed by atoms with van der Waals surface area (Å²) in [5.74, 6) is 0.0933. The number of nitrogens with two attached hydrogens (primary N) is 1. The van der Waals surface area contributed by atoms with Gasteiger partial charge in [-0.1, -0.05) is 35.0 Å². The largest absolute Gasteiger partial charge is 0.339 e. The summed E-state index contributed by atoms with van der Waals surface area (Å²) in [6, 6.07) is 8.06. The maximum Gasteiger partial charge on any atom is 0.239 e. The molecule has 6 heteroatoms. The minimum absolute atomic E-state index is 0. The van der Waals surface area contributed by atoms with Crippen LogP contribution in [-0.4, -0.2) is 47.9 Å². The second-order valence-corrected chi connectivity index (χ2v) is 6.16. The van der Waals surface area contributed by atoms with Crippen LogP contribution in [0.1, 0.15) is 18.9 Å². The van der Waals surface area contributed by atoms with E-state index < -0.39 is 0 Å². The molecule has 0 radical (unpaired) electrons. The third-order valence-corrected chi connectivity index (χ3v) is 4.29. The van der Waals surface area contributed by atoms with E-state index in [1.165, 1.54) is 5.56 Å². The lowest BCUT2D eigenvalue weighted by Gasteiger charge is -2.35. The van der Waals surface area contributed by atoms with Gasteiger partial charge < -0.3 is 10.6 Å². The quantitative estimate of drug-likeness (QED) is 0.877. The maximum atomic E-state index is 12.0. The Labute approximate surface area is 141 Å². The fraction of sp³-hybridized carbons (Fsp3) is 0.533. The molecule has 0 aromatic heterocycles. The molecule has 0 aliphatic carbocycles. The van der Waals surface area contributed by atoms with E-state index in [1.807, 2.05) is 11.8 Å². The zero-order valence-electron chi connectivity index (χ0n) is 12.3. The monoisotopic (exact) mass is 375 g/mol. The van der Waals surface area contributed by atoms with Gasteiger partial charge in [0.2, 0.25) is 5.91 Å². The molecule has 2 rings (SSSR count). The van der Waals surface area contributed by atoms with Crippen LogP contribution in [0.5, 0.6) is 0 Å². The van der Waals surface area contributed by atoms with Crippen molar-refractivity contribution >= 4 is 34.2 Å². The lowest BCUT2D eigenvalue weighted by Crippen LogP contribution is -2.52. The van der Waals surface area contributed by atoms with Gasteiger partial charge in [0.15, 0.2) is 0 Å². The number of rotatable bonds is 4. The Balaban J connectivity index is 0.00000220. The van der Waals surface area contributed by atoms with Crippen molar-refractivity contribution in [2.24, 2.45) is 5.73 Å². The fourth-order valence-corrected chi connectivity index (χ4v) is 2.65. The number of piperazine rings is 1. The summed E-state index contributed by atoms with van der Waals surface area (Å²) in [5.41, 5.74) is 7.11. The zero-order chi connectivity index (χ0) is 14.5. The molecule has 1 aliphatic heterocycles. The van der Waals surface area contributed by atoms with Crippen LogP contribution >= 0.6 is 28.3 Å². The standard InChI is InChI=1S/C15H22BrN3O.ClH/c1-2-14(17)15(20)19-9-7-18(8-10-19)11-12-3-5-13(16)6-4-12;/h3-6,14H,2,7-11,17H2,1H3;1H/t14-;/m1./s1. The number of carbonyl (C=O) groups is 1. The summed E-state index contributed by atoms with van der Waals surface area (Å²) >= 11 is 3.45. The van der Waals surface area contributed by atoms with Crippen LogP contribution in [0, 0.1) is 0 Å². The zero-order valence-corrected chi connectivity index (χ0v) is 14.7. The number of benzene rings is 1. The Hall–Kier alpha value is -0.620. The second kappa shape index (κ2) is 8.73. The SMILES string of the molecule is CC[C@@H](N)C(=O)N1CCN(Cc2ccc(Br)cc2)CC1.Cl.